The van der Waals surface area contributed by atoms with Crippen molar-refractivity contribution in [2.24, 2.45) is 5.92 Å². The summed E-state index contributed by atoms with van der Waals surface area (Å²) in [5.74, 6) is -2.01. The summed E-state index contributed by atoms with van der Waals surface area (Å²) in [6.07, 6.45) is 5.65. The first-order chi connectivity index (χ1) is 11.0. The summed E-state index contributed by atoms with van der Waals surface area (Å²) in [6.45, 7) is 5.22. The molecule has 0 bridgehead atoms. The predicted octanol–water partition coefficient (Wildman–Crippen LogP) is 3.88. The van der Waals surface area contributed by atoms with E-state index in [9.17, 15) is 9.90 Å². The maximum Gasteiger partial charge on any atom is 0.314 e. The van der Waals surface area contributed by atoms with Crippen LogP contribution in [0, 0.1) is 28.6 Å². The SMILES string of the molecule is C=CC(C(=O)O)C(=C(C=CC#N)C=C(C)C#N)c1ccccc1. The van der Waals surface area contributed by atoms with Crippen molar-refractivity contribution in [1.29, 1.82) is 10.5 Å². The van der Waals surface area contributed by atoms with E-state index in [2.05, 4.69) is 6.58 Å². The molecule has 0 amide bonds. The number of carboxylic acids is 1. The van der Waals surface area contributed by atoms with E-state index in [0.717, 1.165) is 0 Å². The third kappa shape index (κ3) is 4.84. The molecule has 1 N–H and O–H groups in total. The first-order valence-corrected chi connectivity index (χ1v) is 6.84. The highest BCUT2D eigenvalue weighted by atomic mass is 16.4. The Morgan fingerprint density at radius 2 is 1.96 bits per heavy atom. The van der Waals surface area contributed by atoms with Crippen molar-refractivity contribution in [2.45, 2.75) is 6.92 Å². The average molecular weight is 304 g/mol. The number of hydrogen-bond donors (Lipinski definition) is 1. The van der Waals surface area contributed by atoms with Crippen LogP contribution < -0.4 is 0 Å². The lowest BCUT2D eigenvalue weighted by Crippen LogP contribution is -2.14. The van der Waals surface area contributed by atoms with Crippen molar-refractivity contribution in [3.05, 3.63) is 77.9 Å². The molecule has 0 aliphatic carbocycles. The minimum Gasteiger partial charge on any atom is -0.481 e. The van der Waals surface area contributed by atoms with Gasteiger partial charge in [0.05, 0.1) is 12.1 Å². The molecule has 4 heteroatoms. The van der Waals surface area contributed by atoms with Crippen LogP contribution in [0.25, 0.3) is 5.57 Å². The number of benzene rings is 1. The molecule has 0 aliphatic rings. The Morgan fingerprint density at radius 3 is 2.43 bits per heavy atom. The number of allylic oxidation sites excluding steroid dienone is 5. The minimum absolute atomic E-state index is 0.407. The highest BCUT2D eigenvalue weighted by Gasteiger charge is 2.22. The molecule has 0 aromatic heterocycles. The molecule has 0 fully saturated rings. The van der Waals surface area contributed by atoms with Gasteiger partial charge in [-0.2, -0.15) is 10.5 Å². The van der Waals surface area contributed by atoms with Crippen molar-refractivity contribution in [2.75, 3.05) is 0 Å². The number of hydrogen-bond acceptors (Lipinski definition) is 3. The molecule has 1 aromatic carbocycles. The van der Waals surface area contributed by atoms with Crippen LogP contribution in [0.15, 0.2) is 72.4 Å². The number of rotatable bonds is 6. The zero-order chi connectivity index (χ0) is 17.2. The molecule has 0 spiro atoms. The number of aliphatic carboxylic acids is 1. The second-order valence-corrected chi connectivity index (χ2v) is 4.69. The normalized spacial score (nSPS) is 13.6. The van der Waals surface area contributed by atoms with Crippen LogP contribution in [0.5, 0.6) is 0 Å². The Labute approximate surface area is 135 Å². The van der Waals surface area contributed by atoms with Gasteiger partial charge in [0.15, 0.2) is 0 Å². The van der Waals surface area contributed by atoms with E-state index >= 15 is 0 Å². The van der Waals surface area contributed by atoms with Crippen LogP contribution in [0.3, 0.4) is 0 Å². The summed E-state index contributed by atoms with van der Waals surface area (Å²) in [5, 5.41) is 27.3. The third-order valence-electron chi connectivity index (χ3n) is 3.09. The van der Waals surface area contributed by atoms with Gasteiger partial charge in [0.2, 0.25) is 0 Å². The Bertz CT molecular complexity index is 757. The summed E-state index contributed by atoms with van der Waals surface area (Å²) in [7, 11) is 0. The van der Waals surface area contributed by atoms with Gasteiger partial charge in [0, 0.05) is 11.6 Å². The van der Waals surface area contributed by atoms with Gasteiger partial charge in [-0.25, -0.2) is 0 Å². The fourth-order valence-corrected chi connectivity index (χ4v) is 2.09. The van der Waals surface area contributed by atoms with Crippen LogP contribution in [-0.4, -0.2) is 11.1 Å². The van der Waals surface area contributed by atoms with Crippen LogP contribution in [0.2, 0.25) is 0 Å². The van der Waals surface area contributed by atoms with E-state index in [1.54, 1.807) is 37.3 Å². The largest absolute Gasteiger partial charge is 0.481 e. The second kappa shape index (κ2) is 8.81. The third-order valence-corrected chi connectivity index (χ3v) is 3.09. The maximum absolute atomic E-state index is 11.6. The fraction of sp³-hybridized carbons (Fsp3) is 0.105. The monoisotopic (exact) mass is 304 g/mol. The molecule has 1 aromatic rings. The van der Waals surface area contributed by atoms with E-state index in [-0.39, 0.29) is 0 Å². The molecular formula is C19H16N2O2. The highest BCUT2D eigenvalue weighted by molar-refractivity contribution is 5.92. The lowest BCUT2D eigenvalue weighted by Gasteiger charge is -2.16. The lowest BCUT2D eigenvalue weighted by atomic mass is 9.87. The fourth-order valence-electron chi connectivity index (χ4n) is 2.09. The Hall–Kier alpha value is -3.37. The van der Waals surface area contributed by atoms with Crippen molar-refractivity contribution in [3.63, 3.8) is 0 Å². The van der Waals surface area contributed by atoms with E-state index in [1.807, 2.05) is 18.2 Å². The van der Waals surface area contributed by atoms with Gasteiger partial charge in [-0.15, -0.1) is 6.58 Å². The Balaban J connectivity index is 3.77. The molecule has 1 unspecified atom stereocenters. The lowest BCUT2D eigenvalue weighted by molar-refractivity contribution is -0.138. The molecule has 0 saturated heterocycles. The molecular weight excluding hydrogens is 288 g/mol. The van der Waals surface area contributed by atoms with Crippen molar-refractivity contribution in [1.82, 2.24) is 0 Å². The number of carboxylic acid groups (broad SMARTS) is 1. The summed E-state index contributed by atoms with van der Waals surface area (Å²) < 4.78 is 0. The smallest absolute Gasteiger partial charge is 0.314 e. The van der Waals surface area contributed by atoms with Gasteiger partial charge in [-0.3, -0.25) is 4.79 Å². The van der Waals surface area contributed by atoms with E-state index < -0.39 is 11.9 Å². The van der Waals surface area contributed by atoms with Crippen LogP contribution in [0.1, 0.15) is 12.5 Å². The van der Waals surface area contributed by atoms with Crippen molar-refractivity contribution in [3.8, 4) is 12.1 Å². The number of carbonyl (C=O) groups is 1. The van der Waals surface area contributed by atoms with Crippen molar-refractivity contribution < 1.29 is 9.90 Å². The van der Waals surface area contributed by atoms with Gasteiger partial charge < -0.3 is 5.11 Å². The zero-order valence-corrected chi connectivity index (χ0v) is 12.7. The molecule has 1 atom stereocenters. The maximum atomic E-state index is 11.6. The topological polar surface area (TPSA) is 84.9 Å². The molecule has 23 heavy (non-hydrogen) atoms. The van der Waals surface area contributed by atoms with Crippen LogP contribution >= 0.6 is 0 Å². The van der Waals surface area contributed by atoms with Crippen LogP contribution in [-0.2, 0) is 4.79 Å². The first kappa shape index (κ1) is 17.7. The predicted molar refractivity (Wildman–Crippen MR) is 88.8 cm³/mol. The molecule has 4 nitrogen and oxygen atoms in total. The summed E-state index contributed by atoms with van der Waals surface area (Å²) in [4.78, 5) is 11.6. The van der Waals surface area contributed by atoms with Gasteiger partial charge in [-0.05, 0) is 35.8 Å². The van der Waals surface area contributed by atoms with E-state index in [1.165, 1.54) is 18.2 Å². The van der Waals surface area contributed by atoms with E-state index in [0.29, 0.717) is 22.3 Å². The Morgan fingerprint density at radius 1 is 1.30 bits per heavy atom. The number of nitriles is 2. The highest BCUT2D eigenvalue weighted by Crippen LogP contribution is 2.30. The van der Waals surface area contributed by atoms with Gasteiger partial charge in [-0.1, -0.05) is 36.4 Å². The van der Waals surface area contributed by atoms with Gasteiger partial charge in [0.25, 0.3) is 0 Å². The standard InChI is InChI=1S/C19H16N2O2/c1-3-17(19(22)23)18(15-8-5-4-6-9-15)16(10-7-11-20)12-14(2)13-21/h3-10,12,17H,1H2,2H3,(H,22,23). The van der Waals surface area contributed by atoms with Gasteiger partial charge in [0.1, 0.15) is 5.92 Å². The minimum atomic E-state index is -1.05. The second-order valence-electron chi connectivity index (χ2n) is 4.69. The summed E-state index contributed by atoms with van der Waals surface area (Å²) in [5.41, 5.74) is 2.07. The first-order valence-electron chi connectivity index (χ1n) is 6.84. The Kier molecular flexibility index (Phi) is 6.78. The quantitative estimate of drug-likeness (QED) is 0.491. The van der Waals surface area contributed by atoms with Crippen LogP contribution in [0.4, 0.5) is 0 Å². The molecule has 0 saturated carbocycles. The summed E-state index contributed by atoms with van der Waals surface area (Å²) >= 11 is 0. The average Bonchev–Trinajstić information content (AvgIpc) is 2.56. The number of nitrogens with zero attached hydrogens (tertiary/aromatic N) is 2. The summed E-state index contributed by atoms with van der Waals surface area (Å²) in [6, 6.07) is 12.9. The molecule has 0 aliphatic heterocycles. The van der Waals surface area contributed by atoms with E-state index in [4.69, 9.17) is 10.5 Å². The molecule has 0 heterocycles. The zero-order valence-electron chi connectivity index (χ0n) is 12.7. The van der Waals surface area contributed by atoms with Crippen molar-refractivity contribution >= 4 is 11.5 Å². The molecule has 0 radical (unpaired) electrons. The van der Waals surface area contributed by atoms with Gasteiger partial charge >= 0.3 is 5.97 Å². The molecule has 114 valence electrons. The molecule has 1 rings (SSSR count).